The number of nitrogens with two attached hydrogens (primary N) is 1. The molecule has 1 aliphatic heterocycles. The van der Waals surface area contributed by atoms with E-state index in [4.69, 9.17) is 10.5 Å². The van der Waals surface area contributed by atoms with Crippen molar-refractivity contribution in [2.24, 2.45) is 16.1 Å². The van der Waals surface area contributed by atoms with E-state index < -0.39 is 5.41 Å². The highest BCUT2D eigenvalue weighted by atomic mass is 16.6. The topological polar surface area (TPSA) is 109 Å². The molecule has 0 unspecified atom stereocenters. The van der Waals surface area contributed by atoms with Gasteiger partial charge in [0.1, 0.15) is 0 Å². The smallest absolute Gasteiger partial charge is 0.409 e. The Morgan fingerprint density at radius 2 is 1.96 bits per heavy atom. The molecule has 0 aliphatic carbocycles. The monoisotopic (exact) mass is 327 g/mol. The van der Waals surface area contributed by atoms with Crippen LogP contribution in [0.25, 0.3) is 0 Å². The highest BCUT2D eigenvalue weighted by molar-refractivity contribution is 5.83. The van der Waals surface area contributed by atoms with Gasteiger partial charge >= 0.3 is 6.09 Å². The first-order chi connectivity index (χ1) is 10.8. The molecule has 0 saturated carbocycles. The maximum atomic E-state index is 11.7. The van der Waals surface area contributed by atoms with Crippen molar-refractivity contribution in [2.45, 2.75) is 39.7 Å². The van der Waals surface area contributed by atoms with E-state index in [0.717, 1.165) is 12.8 Å². The molecule has 8 heteroatoms. The molecule has 0 spiro atoms. The third-order valence-electron chi connectivity index (χ3n) is 3.86. The quantitative estimate of drug-likeness (QED) is 0.496. The van der Waals surface area contributed by atoms with Crippen LogP contribution in [0, 0.1) is 5.41 Å². The van der Waals surface area contributed by atoms with Crippen LogP contribution in [-0.2, 0) is 9.53 Å². The molecule has 2 amide bonds. The summed E-state index contributed by atoms with van der Waals surface area (Å²) >= 11 is 0. The number of nitrogens with one attached hydrogen (secondary N) is 2. The van der Waals surface area contributed by atoms with Crippen LogP contribution in [-0.4, -0.2) is 62.2 Å². The van der Waals surface area contributed by atoms with E-state index >= 15 is 0 Å². The molecule has 1 fully saturated rings. The largest absolute Gasteiger partial charge is 0.450 e. The summed E-state index contributed by atoms with van der Waals surface area (Å²) in [5.74, 6) is 0.258. The fourth-order valence-corrected chi connectivity index (χ4v) is 2.37. The number of hydrogen-bond donors (Lipinski definition) is 3. The van der Waals surface area contributed by atoms with E-state index in [1.807, 2.05) is 13.8 Å². The molecule has 1 heterocycles. The lowest BCUT2D eigenvalue weighted by molar-refractivity contribution is -0.128. The third kappa shape index (κ3) is 5.96. The highest BCUT2D eigenvalue weighted by Gasteiger charge is 2.27. The number of rotatable bonds is 5. The van der Waals surface area contributed by atoms with Gasteiger partial charge in [-0.3, -0.25) is 9.79 Å². The van der Waals surface area contributed by atoms with Gasteiger partial charge in [0.2, 0.25) is 5.91 Å². The molecule has 0 radical (unpaired) electrons. The van der Waals surface area contributed by atoms with Crippen molar-refractivity contribution in [1.82, 2.24) is 15.5 Å². The zero-order valence-electron chi connectivity index (χ0n) is 14.5. The van der Waals surface area contributed by atoms with Crippen LogP contribution in [0.5, 0.6) is 0 Å². The minimum Gasteiger partial charge on any atom is -0.450 e. The van der Waals surface area contributed by atoms with E-state index in [1.165, 1.54) is 0 Å². The lowest BCUT2D eigenvalue weighted by Gasteiger charge is -2.32. The molecular formula is C15H29N5O3. The minimum absolute atomic E-state index is 0.0724. The number of carbonyl (C=O) groups excluding carboxylic acids is 2. The summed E-state index contributed by atoms with van der Waals surface area (Å²) < 4.78 is 4.99. The Bertz CT molecular complexity index is 442. The van der Waals surface area contributed by atoms with Crippen molar-refractivity contribution in [3.8, 4) is 0 Å². The second-order valence-corrected chi connectivity index (χ2v) is 6.27. The van der Waals surface area contributed by atoms with E-state index in [-0.39, 0.29) is 18.0 Å². The zero-order valence-corrected chi connectivity index (χ0v) is 14.5. The van der Waals surface area contributed by atoms with Gasteiger partial charge in [-0.2, -0.15) is 0 Å². The number of piperidine rings is 1. The van der Waals surface area contributed by atoms with Gasteiger partial charge in [0, 0.05) is 26.2 Å². The molecule has 0 atom stereocenters. The Labute approximate surface area is 137 Å². The summed E-state index contributed by atoms with van der Waals surface area (Å²) in [6, 6.07) is 0.174. The predicted molar refractivity (Wildman–Crippen MR) is 89.1 cm³/mol. The Hall–Kier alpha value is -1.99. The van der Waals surface area contributed by atoms with Crippen LogP contribution in [0.1, 0.15) is 33.6 Å². The lowest BCUT2D eigenvalue weighted by Crippen LogP contribution is -2.49. The number of nitrogens with zero attached hydrogens (tertiary/aromatic N) is 2. The van der Waals surface area contributed by atoms with Crippen molar-refractivity contribution in [3.05, 3.63) is 0 Å². The molecule has 0 aromatic carbocycles. The average Bonchev–Trinajstić information content (AvgIpc) is 2.53. The van der Waals surface area contributed by atoms with Crippen molar-refractivity contribution in [3.63, 3.8) is 0 Å². The molecule has 1 rings (SSSR count). The van der Waals surface area contributed by atoms with Gasteiger partial charge in [-0.1, -0.05) is 0 Å². The summed E-state index contributed by atoms with van der Waals surface area (Å²) in [7, 11) is 1.60. The number of carbonyl (C=O) groups is 2. The van der Waals surface area contributed by atoms with Gasteiger partial charge in [0.25, 0.3) is 0 Å². The molecule has 0 bridgehead atoms. The standard InChI is InChI=1S/C15H29N5O3/c1-5-23-14(22)20-8-6-11(7-9-20)19-13(16)18-10-15(2,3)12(21)17-4/h11H,5-10H2,1-4H3,(H,17,21)(H3,16,18,19). The molecule has 8 nitrogen and oxygen atoms in total. The predicted octanol–water partition coefficient (Wildman–Crippen LogP) is 0.284. The summed E-state index contributed by atoms with van der Waals surface area (Å²) in [5, 5.41) is 5.77. The number of likely N-dealkylation sites (tertiary alicyclic amines) is 1. The summed E-state index contributed by atoms with van der Waals surface area (Å²) in [6.45, 7) is 7.40. The van der Waals surface area contributed by atoms with E-state index in [2.05, 4.69) is 15.6 Å². The number of aliphatic imine (C=N–C) groups is 1. The van der Waals surface area contributed by atoms with E-state index in [1.54, 1.807) is 18.9 Å². The fourth-order valence-electron chi connectivity index (χ4n) is 2.37. The van der Waals surface area contributed by atoms with Crippen molar-refractivity contribution in [2.75, 3.05) is 33.3 Å². The van der Waals surface area contributed by atoms with Crippen LogP contribution < -0.4 is 16.4 Å². The van der Waals surface area contributed by atoms with Crippen LogP contribution in [0.15, 0.2) is 4.99 Å². The van der Waals surface area contributed by atoms with E-state index in [0.29, 0.717) is 32.2 Å². The first kappa shape index (κ1) is 19.1. The highest BCUT2D eigenvalue weighted by Crippen LogP contribution is 2.15. The summed E-state index contributed by atoms with van der Waals surface area (Å²) in [6.07, 6.45) is 1.31. The Morgan fingerprint density at radius 1 is 1.35 bits per heavy atom. The SMILES string of the molecule is CCOC(=O)N1CCC(NC(N)=NCC(C)(C)C(=O)NC)CC1. The summed E-state index contributed by atoms with van der Waals surface area (Å²) in [4.78, 5) is 29.3. The molecule has 0 aromatic rings. The Morgan fingerprint density at radius 3 is 2.48 bits per heavy atom. The second kappa shape index (κ2) is 8.59. The molecule has 0 aromatic heterocycles. The van der Waals surface area contributed by atoms with Crippen molar-refractivity contribution < 1.29 is 14.3 Å². The van der Waals surface area contributed by atoms with Crippen LogP contribution in [0.2, 0.25) is 0 Å². The lowest BCUT2D eigenvalue weighted by atomic mass is 9.93. The summed E-state index contributed by atoms with van der Waals surface area (Å²) in [5.41, 5.74) is 5.29. The van der Waals surface area contributed by atoms with Gasteiger partial charge in [0.05, 0.1) is 18.6 Å². The number of ether oxygens (including phenoxy) is 1. The Balaban J connectivity index is 2.41. The van der Waals surface area contributed by atoms with Gasteiger partial charge in [-0.25, -0.2) is 4.79 Å². The molecule has 23 heavy (non-hydrogen) atoms. The van der Waals surface area contributed by atoms with Gasteiger partial charge < -0.3 is 26.0 Å². The molecule has 1 saturated heterocycles. The van der Waals surface area contributed by atoms with Crippen molar-refractivity contribution in [1.29, 1.82) is 0 Å². The fraction of sp³-hybridized carbons (Fsp3) is 0.800. The van der Waals surface area contributed by atoms with Crippen molar-refractivity contribution >= 4 is 18.0 Å². The average molecular weight is 327 g/mol. The second-order valence-electron chi connectivity index (χ2n) is 6.27. The number of guanidine groups is 1. The molecular weight excluding hydrogens is 298 g/mol. The first-order valence-corrected chi connectivity index (χ1v) is 8.00. The third-order valence-corrected chi connectivity index (χ3v) is 3.86. The van der Waals surface area contributed by atoms with Gasteiger partial charge in [-0.15, -0.1) is 0 Å². The molecule has 1 aliphatic rings. The Kier molecular flexibility index (Phi) is 7.12. The number of amides is 2. The maximum Gasteiger partial charge on any atom is 0.409 e. The van der Waals surface area contributed by atoms with Crippen LogP contribution in [0.4, 0.5) is 4.79 Å². The maximum absolute atomic E-state index is 11.7. The van der Waals surface area contributed by atoms with Gasteiger partial charge in [-0.05, 0) is 33.6 Å². The molecule has 4 N–H and O–H groups in total. The van der Waals surface area contributed by atoms with Crippen LogP contribution in [0.3, 0.4) is 0 Å². The normalized spacial score (nSPS) is 16.9. The van der Waals surface area contributed by atoms with Crippen LogP contribution >= 0.6 is 0 Å². The number of hydrogen-bond acceptors (Lipinski definition) is 4. The minimum atomic E-state index is -0.603. The first-order valence-electron chi connectivity index (χ1n) is 8.00. The molecule has 132 valence electrons. The zero-order chi connectivity index (χ0) is 17.5. The van der Waals surface area contributed by atoms with E-state index in [9.17, 15) is 9.59 Å². The van der Waals surface area contributed by atoms with Gasteiger partial charge in [0.15, 0.2) is 5.96 Å².